The first-order valence-corrected chi connectivity index (χ1v) is 9.16. The second-order valence-corrected chi connectivity index (χ2v) is 6.87. The highest BCUT2D eigenvalue weighted by molar-refractivity contribution is 5.95. The molecule has 0 aliphatic carbocycles. The van der Waals surface area contributed by atoms with Crippen molar-refractivity contribution >= 4 is 11.9 Å². The number of nitrogens with zero attached hydrogens (tertiary/aromatic N) is 2. The van der Waals surface area contributed by atoms with Crippen LogP contribution in [0.15, 0.2) is 48.7 Å². The Morgan fingerprint density at radius 1 is 1.19 bits per heavy atom. The van der Waals surface area contributed by atoms with E-state index in [1.54, 1.807) is 0 Å². The lowest BCUT2D eigenvalue weighted by atomic mass is 9.91. The van der Waals surface area contributed by atoms with Gasteiger partial charge >= 0.3 is 5.97 Å². The number of aromatic carboxylic acids is 1. The molecule has 0 saturated carbocycles. The minimum Gasteiger partial charge on any atom is -0.478 e. The second kappa shape index (κ2) is 8.61. The molecule has 1 N–H and O–H groups in total. The van der Waals surface area contributed by atoms with Gasteiger partial charge in [-0.25, -0.2) is 4.79 Å². The van der Waals surface area contributed by atoms with Crippen molar-refractivity contribution in [3.05, 3.63) is 65.5 Å². The van der Waals surface area contributed by atoms with E-state index in [-0.39, 0.29) is 17.2 Å². The average molecular weight is 352 g/mol. The van der Waals surface area contributed by atoms with Crippen LogP contribution < -0.4 is 0 Å². The molecule has 0 radical (unpaired) electrons. The van der Waals surface area contributed by atoms with Crippen molar-refractivity contribution in [1.82, 2.24) is 9.88 Å². The summed E-state index contributed by atoms with van der Waals surface area (Å²) >= 11 is 0. The highest BCUT2D eigenvalue weighted by Crippen LogP contribution is 2.23. The predicted molar refractivity (Wildman–Crippen MR) is 99.2 cm³/mol. The van der Waals surface area contributed by atoms with Gasteiger partial charge in [-0.1, -0.05) is 30.3 Å². The maximum Gasteiger partial charge on any atom is 0.335 e. The van der Waals surface area contributed by atoms with Crippen LogP contribution in [0.4, 0.5) is 0 Å². The van der Waals surface area contributed by atoms with E-state index in [2.05, 4.69) is 29.2 Å². The molecule has 1 aliphatic rings. The molecule has 1 unspecified atom stereocenters. The van der Waals surface area contributed by atoms with E-state index in [1.165, 1.54) is 23.9 Å². The molecule has 5 nitrogen and oxygen atoms in total. The molecule has 5 heteroatoms. The van der Waals surface area contributed by atoms with Crippen molar-refractivity contribution in [2.75, 3.05) is 13.1 Å². The van der Waals surface area contributed by atoms with Gasteiger partial charge in [-0.15, -0.1) is 0 Å². The van der Waals surface area contributed by atoms with Gasteiger partial charge < -0.3 is 10.0 Å². The smallest absolute Gasteiger partial charge is 0.335 e. The molecule has 1 aromatic carbocycles. The number of carboxylic acids is 1. The molecule has 1 aromatic heterocycles. The molecule has 136 valence electrons. The van der Waals surface area contributed by atoms with Gasteiger partial charge in [0.25, 0.3) is 5.91 Å². The van der Waals surface area contributed by atoms with E-state index < -0.39 is 5.97 Å². The van der Waals surface area contributed by atoms with Crippen molar-refractivity contribution in [3.8, 4) is 0 Å². The number of hydrogen-bond donors (Lipinski definition) is 1. The average Bonchev–Trinajstić information content (AvgIpc) is 2.68. The Kier molecular flexibility index (Phi) is 6.00. The van der Waals surface area contributed by atoms with Crippen LogP contribution in [0.2, 0.25) is 0 Å². The van der Waals surface area contributed by atoms with Crippen molar-refractivity contribution in [1.29, 1.82) is 0 Å². The Labute approximate surface area is 153 Å². The topological polar surface area (TPSA) is 70.5 Å². The largest absolute Gasteiger partial charge is 0.478 e. The van der Waals surface area contributed by atoms with Gasteiger partial charge in [-0.05, 0) is 55.7 Å². The van der Waals surface area contributed by atoms with Gasteiger partial charge in [-0.3, -0.25) is 9.78 Å². The fourth-order valence-corrected chi connectivity index (χ4v) is 3.57. The third-order valence-electron chi connectivity index (χ3n) is 4.95. The summed E-state index contributed by atoms with van der Waals surface area (Å²) in [6.45, 7) is 1.44. The van der Waals surface area contributed by atoms with Crippen LogP contribution >= 0.6 is 0 Å². The zero-order chi connectivity index (χ0) is 18.4. The molecule has 26 heavy (non-hydrogen) atoms. The Bertz CT molecular complexity index is 761. The number of pyridine rings is 1. The number of amides is 1. The summed E-state index contributed by atoms with van der Waals surface area (Å²) in [6, 6.07) is 13.2. The van der Waals surface area contributed by atoms with Crippen LogP contribution in [0.25, 0.3) is 0 Å². The zero-order valence-corrected chi connectivity index (χ0v) is 14.8. The number of aryl methyl sites for hydroxylation is 1. The minimum absolute atomic E-state index is 0.0970. The number of benzene rings is 1. The Morgan fingerprint density at radius 2 is 2.00 bits per heavy atom. The number of carboxylic acid groups (broad SMARTS) is 1. The highest BCUT2D eigenvalue weighted by Gasteiger charge is 2.25. The summed E-state index contributed by atoms with van der Waals surface area (Å²) in [7, 11) is 0. The third-order valence-corrected chi connectivity index (χ3v) is 4.95. The quantitative estimate of drug-likeness (QED) is 0.861. The van der Waals surface area contributed by atoms with Gasteiger partial charge in [0.15, 0.2) is 0 Å². The standard InChI is InChI=1S/C21H24N2O3/c24-20(19-14-18(21(25)26)11-12-22-19)23-13-5-10-17(15-23)9-4-8-16-6-2-1-3-7-16/h1-3,6-7,11-12,14,17H,4-5,8-10,13,15H2,(H,25,26). The number of aromatic nitrogens is 1. The monoisotopic (exact) mass is 352 g/mol. The van der Waals surface area contributed by atoms with Crippen molar-refractivity contribution in [3.63, 3.8) is 0 Å². The molecule has 1 amide bonds. The number of likely N-dealkylation sites (tertiary alicyclic amines) is 1. The molecule has 1 fully saturated rings. The lowest BCUT2D eigenvalue weighted by Crippen LogP contribution is -2.40. The summed E-state index contributed by atoms with van der Waals surface area (Å²) in [5.74, 6) is -0.709. The fraction of sp³-hybridized carbons (Fsp3) is 0.381. The van der Waals surface area contributed by atoms with Crippen LogP contribution in [-0.4, -0.2) is 40.0 Å². The summed E-state index contributed by atoms with van der Waals surface area (Å²) in [6.07, 6.45) is 6.79. The van der Waals surface area contributed by atoms with E-state index in [0.29, 0.717) is 12.5 Å². The summed E-state index contributed by atoms with van der Waals surface area (Å²) < 4.78 is 0. The first kappa shape index (κ1) is 18.1. The van der Waals surface area contributed by atoms with Crippen LogP contribution in [-0.2, 0) is 6.42 Å². The number of carbonyl (C=O) groups is 2. The fourth-order valence-electron chi connectivity index (χ4n) is 3.57. The van der Waals surface area contributed by atoms with E-state index in [1.807, 2.05) is 11.0 Å². The second-order valence-electron chi connectivity index (χ2n) is 6.87. The molecule has 0 spiro atoms. The SMILES string of the molecule is O=C(O)c1ccnc(C(=O)N2CCCC(CCCc3ccccc3)C2)c1. The summed E-state index contributed by atoms with van der Waals surface area (Å²) in [5, 5.41) is 9.08. The van der Waals surface area contributed by atoms with Crippen LogP contribution in [0, 0.1) is 5.92 Å². The molecule has 0 bridgehead atoms. The van der Waals surface area contributed by atoms with E-state index in [4.69, 9.17) is 5.11 Å². The molecule has 3 rings (SSSR count). The highest BCUT2D eigenvalue weighted by atomic mass is 16.4. The number of rotatable bonds is 6. The van der Waals surface area contributed by atoms with E-state index in [0.717, 1.165) is 38.6 Å². The van der Waals surface area contributed by atoms with Crippen LogP contribution in [0.5, 0.6) is 0 Å². The van der Waals surface area contributed by atoms with E-state index >= 15 is 0 Å². The number of hydrogen-bond acceptors (Lipinski definition) is 3. The van der Waals surface area contributed by atoms with Crippen molar-refractivity contribution < 1.29 is 14.7 Å². The molecule has 2 heterocycles. The number of piperidine rings is 1. The van der Waals surface area contributed by atoms with Crippen LogP contribution in [0.1, 0.15) is 52.1 Å². The molecule has 1 atom stereocenters. The van der Waals surface area contributed by atoms with Gasteiger partial charge in [-0.2, -0.15) is 0 Å². The van der Waals surface area contributed by atoms with Gasteiger partial charge in [0.2, 0.25) is 0 Å². The van der Waals surface area contributed by atoms with Crippen molar-refractivity contribution in [2.24, 2.45) is 5.92 Å². The van der Waals surface area contributed by atoms with Gasteiger partial charge in [0, 0.05) is 19.3 Å². The molecule has 2 aromatic rings. The number of carbonyl (C=O) groups excluding carboxylic acids is 1. The Morgan fingerprint density at radius 3 is 2.77 bits per heavy atom. The Balaban J connectivity index is 1.55. The third kappa shape index (κ3) is 4.69. The minimum atomic E-state index is -1.04. The predicted octanol–water partition coefficient (Wildman–Crippen LogP) is 3.65. The van der Waals surface area contributed by atoms with Gasteiger partial charge in [0.05, 0.1) is 5.56 Å². The summed E-state index contributed by atoms with van der Waals surface area (Å²) in [4.78, 5) is 29.7. The lowest BCUT2D eigenvalue weighted by Gasteiger charge is -2.32. The lowest BCUT2D eigenvalue weighted by molar-refractivity contribution is 0.0661. The first-order valence-electron chi connectivity index (χ1n) is 9.16. The molecule has 1 aliphatic heterocycles. The molecular formula is C21H24N2O3. The summed E-state index contributed by atoms with van der Waals surface area (Å²) in [5.41, 5.74) is 1.67. The van der Waals surface area contributed by atoms with Crippen LogP contribution in [0.3, 0.4) is 0 Å². The Hall–Kier alpha value is -2.69. The zero-order valence-electron chi connectivity index (χ0n) is 14.8. The molecule has 1 saturated heterocycles. The first-order chi connectivity index (χ1) is 12.6. The normalized spacial score (nSPS) is 17.1. The van der Waals surface area contributed by atoms with Gasteiger partial charge in [0.1, 0.15) is 5.69 Å². The maximum atomic E-state index is 12.7. The molecular weight excluding hydrogens is 328 g/mol. The van der Waals surface area contributed by atoms with E-state index in [9.17, 15) is 9.59 Å². The van der Waals surface area contributed by atoms with Crippen molar-refractivity contribution in [2.45, 2.75) is 32.1 Å². The maximum absolute atomic E-state index is 12.7.